The lowest BCUT2D eigenvalue weighted by atomic mass is 9.87. The first-order chi connectivity index (χ1) is 6.34. The summed E-state index contributed by atoms with van der Waals surface area (Å²) in [4.78, 5) is 11.5. The van der Waals surface area contributed by atoms with Gasteiger partial charge in [-0.15, -0.1) is 6.42 Å². The largest absolute Gasteiger partial charge is 0.298 e. The third kappa shape index (κ3) is 3.63. The van der Waals surface area contributed by atoms with Crippen LogP contribution in [0, 0.1) is 18.3 Å². The molecule has 0 atom stereocenters. The number of hydrogen-bond donors (Lipinski definition) is 0. The molecule has 0 saturated heterocycles. The fourth-order valence-corrected chi connectivity index (χ4v) is 2.02. The highest BCUT2D eigenvalue weighted by Crippen LogP contribution is 2.23. The van der Waals surface area contributed by atoms with E-state index in [2.05, 4.69) is 5.92 Å². The topological polar surface area (TPSA) is 17.1 Å². The number of carbonyl (C=O) groups is 1. The highest BCUT2D eigenvalue weighted by atomic mass is 16.1. The minimum Gasteiger partial charge on any atom is -0.298 e. The molecule has 0 N–H and O–H groups in total. The molecule has 1 aliphatic rings. The van der Waals surface area contributed by atoms with Crippen molar-refractivity contribution in [1.82, 2.24) is 0 Å². The lowest BCUT2D eigenvalue weighted by Gasteiger charge is -2.17. The Morgan fingerprint density at radius 1 is 1.15 bits per heavy atom. The highest BCUT2D eigenvalue weighted by molar-refractivity contribution is 5.83. The molecule has 0 aromatic heterocycles. The predicted octanol–water partition coefficient (Wildman–Crippen LogP) is 2.94. The standard InChI is InChI=1S/C12H18O/c1-2-8-12(13)11-9-6-4-3-5-7-10-11/h1,11H,3-10H2. The minimum absolute atomic E-state index is 0.274. The number of terminal acetylenes is 1. The van der Waals surface area contributed by atoms with Crippen molar-refractivity contribution in [1.29, 1.82) is 0 Å². The van der Waals surface area contributed by atoms with Crippen LogP contribution in [0.3, 0.4) is 0 Å². The Balaban J connectivity index is 2.37. The molecule has 13 heavy (non-hydrogen) atoms. The van der Waals surface area contributed by atoms with E-state index in [-0.39, 0.29) is 5.92 Å². The van der Waals surface area contributed by atoms with Crippen LogP contribution in [0.1, 0.15) is 51.4 Å². The van der Waals surface area contributed by atoms with E-state index in [1.807, 2.05) is 0 Å². The van der Waals surface area contributed by atoms with E-state index in [0.29, 0.717) is 12.2 Å². The Hall–Kier alpha value is -0.770. The molecule has 0 spiro atoms. The Morgan fingerprint density at radius 2 is 1.69 bits per heavy atom. The molecule has 0 unspecified atom stereocenters. The Bertz CT molecular complexity index is 192. The maximum atomic E-state index is 11.5. The summed E-state index contributed by atoms with van der Waals surface area (Å²) < 4.78 is 0. The van der Waals surface area contributed by atoms with E-state index in [1.165, 1.54) is 32.1 Å². The second-order valence-electron chi connectivity index (χ2n) is 3.89. The van der Waals surface area contributed by atoms with E-state index < -0.39 is 0 Å². The number of ketones is 1. The summed E-state index contributed by atoms with van der Waals surface area (Å²) >= 11 is 0. The van der Waals surface area contributed by atoms with Crippen LogP contribution in [0.15, 0.2) is 0 Å². The molecule has 1 rings (SSSR count). The molecule has 1 nitrogen and oxygen atoms in total. The zero-order valence-corrected chi connectivity index (χ0v) is 8.22. The van der Waals surface area contributed by atoms with E-state index in [0.717, 1.165) is 12.8 Å². The molecule has 0 aliphatic heterocycles. The van der Waals surface area contributed by atoms with Gasteiger partial charge in [0.1, 0.15) is 5.78 Å². The second kappa shape index (κ2) is 5.80. The van der Waals surface area contributed by atoms with Crippen molar-refractivity contribution in [3.8, 4) is 12.3 Å². The lowest BCUT2D eigenvalue weighted by molar-refractivity contribution is -0.122. The molecule has 1 aliphatic carbocycles. The van der Waals surface area contributed by atoms with E-state index in [4.69, 9.17) is 6.42 Å². The fourth-order valence-electron chi connectivity index (χ4n) is 2.02. The van der Waals surface area contributed by atoms with Gasteiger partial charge in [0.25, 0.3) is 0 Å². The molecular formula is C12H18O. The molecular weight excluding hydrogens is 160 g/mol. The van der Waals surface area contributed by atoms with Gasteiger partial charge in [-0.3, -0.25) is 4.79 Å². The number of carbonyl (C=O) groups excluding carboxylic acids is 1. The van der Waals surface area contributed by atoms with Crippen LogP contribution in [0.2, 0.25) is 0 Å². The van der Waals surface area contributed by atoms with Gasteiger partial charge in [0.05, 0.1) is 6.42 Å². The molecule has 1 heteroatoms. The summed E-state index contributed by atoms with van der Waals surface area (Å²) in [5, 5.41) is 0. The van der Waals surface area contributed by atoms with E-state index >= 15 is 0 Å². The molecule has 1 fully saturated rings. The van der Waals surface area contributed by atoms with Gasteiger partial charge in [-0.1, -0.05) is 38.0 Å². The van der Waals surface area contributed by atoms with Crippen molar-refractivity contribution in [2.24, 2.45) is 5.92 Å². The molecule has 0 amide bonds. The Labute approximate surface area is 80.9 Å². The molecule has 0 bridgehead atoms. The van der Waals surface area contributed by atoms with Crippen molar-refractivity contribution in [3.05, 3.63) is 0 Å². The van der Waals surface area contributed by atoms with Gasteiger partial charge in [-0.2, -0.15) is 0 Å². The first-order valence-corrected chi connectivity index (χ1v) is 5.31. The lowest BCUT2D eigenvalue weighted by Crippen LogP contribution is -2.15. The summed E-state index contributed by atoms with van der Waals surface area (Å²) in [5.74, 6) is 3.02. The van der Waals surface area contributed by atoms with Crippen molar-refractivity contribution in [2.75, 3.05) is 0 Å². The third-order valence-corrected chi connectivity index (χ3v) is 2.84. The van der Waals surface area contributed by atoms with Crippen LogP contribution in [0.5, 0.6) is 0 Å². The smallest absolute Gasteiger partial charge is 0.147 e. The summed E-state index contributed by atoms with van der Waals surface area (Å²) in [7, 11) is 0. The van der Waals surface area contributed by atoms with Crippen LogP contribution >= 0.6 is 0 Å². The van der Waals surface area contributed by atoms with Crippen molar-refractivity contribution >= 4 is 5.78 Å². The zero-order valence-electron chi connectivity index (χ0n) is 8.22. The Kier molecular flexibility index (Phi) is 4.60. The summed E-state index contributed by atoms with van der Waals surface area (Å²) in [6.07, 6.45) is 14.0. The molecule has 72 valence electrons. The van der Waals surface area contributed by atoms with Crippen LogP contribution in [0.25, 0.3) is 0 Å². The minimum atomic E-state index is 0.274. The SMILES string of the molecule is C#CCC(=O)C1CCCCCCC1. The van der Waals surface area contributed by atoms with Gasteiger partial charge in [0.2, 0.25) is 0 Å². The quantitative estimate of drug-likeness (QED) is 0.594. The molecule has 0 aromatic rings. The molecule has 1 saturated carbocycles. The normalized spacial score (nSPS) is 19.9. The average molecular weight is 178 g/mol. The number of Topliss-reactive ketones (excluding diaryl/α,β-unsaturated/α-hetero) is 1. The van der Waals surface area contributed by atoms with Gasteiger partial charge >= 0.3 is 0 Å². The predicted molar refractivity (Wildman–Crippen MR) is 54.3 cm³/mol. The van der Waals surface area contributed by atoms with Crippen LogP contribution in [-0.2, 0) is 4.79 Å². The van der Waals surface area contributed by atoms with Gasteiger partial charge in [-0.25, -0.2) is 0 Å². The van der Waals surface area contributed by atoms with Gasteiger partial charge in [0.15, 0.2) is 0 Å². The summed E-state index contributed by atoms with van der Waals surface area (Å²) in [6, 6.07) is 0. The van der Waals surface area contributed by atoms with E-state index in [1.54, 1.807) is 0 Å². The van der Waals surface area contributed by atoms with Crippen LogP contribution in [-0.4, -0.2) is 5.78 Å². The first-order valence-electron chi connectivity index (χ1n) is 5.31. The van der Waals surface area contributed by atoms with Crippen molar-refractivity contribution in [3.63, 3.8) is 0 Å². The second-order valence-corrected chi connectivity index (χ2v) is 3.89. The zero-order chi connectivity index (χ0) is 9.52. The van der Waals surface area contributed by atoms with Crippen LogP contribution < -0.4 is 0 Å². The number of hydrogen-bond acceptors (Lipinski definition) is 1. The molecule has 0 heterocycles. The maximum absolute atomic E-state index is 11.5. The van der Waals surface area contributed by atoms with Crippen molar-refractivity contribution in [2.45, 2.75) is 51.4 Å². The maximum Gasteiger partial charge on any atom is 0.147 e. The number of rotatable bonds is 2. The van der Waals surface area contributed by atoms with E-state index in [9.17, 15) is 4.79 Å². The molecule has 0 radical (unpaired) electrons. The van der Waals surface area contributed by atoms with Crippen molar-refractivity contribution < 1.29 is 4.79 Å². The highest BCUT2D eigenvalue weighted by Gasteiger charge is 2.17. The summed E-state index contributed by atoms with van der Waals surface area (Å²) in [6.45, 7) is 0. The van der Waals surface area contributed by atoms with Crippen LogP contribution in [0.4, 0.5) is 0 Å². The van der Waals surface area contributed by atoms with Gasteiger partial charge in [0, 0.05) is 5.92 Å². The monoisotopic (exact) mass is 178 g/mol. The fraction of sp³-hybridized carbons (Fsp3) is 0.750. The average Bonchev–Trinajstić information content (AvgIpc) is 2.03. The van der Waals surface area contributed by atoms with Gasteiger partial charge < -0.3 is 0 Å². The van der Waals surface area contributed by atoms with Gasteiger partial charge in [-0.05, 0) is 12.8 Å². The summed E-state index contributed by atoms with van der Waals surface area (Å²) in [5.41, 5.74) is 0. The Morgan fingerprint density at radius 3 is 2.23 bits per heavy atom. The molecule has 0 aromatic carbocycles. The first kappa shape index (κ1) is 10.3. The third-order valence-electron chi connectivity index (χ3n) is 2.84.